The number of hydrogen-bond donors (Lipinski definition) is 2. The van der Waals surface area contributed by atoms with Crippen molar-refractivity contribution in [2.75, 3.05) is 38.1 Å². The van der Waals surface area contributed by atoms with Crippen LogP contribution in [0, 0.1) is 5.41 Å². The fourth-order valence-electron chi connectivity index (χ4n) is 4.80. The molecule has 5 heterocycles. The highest BCUT2D eigenvalue weighted by atomic mass is 16.2. The Bertz CT molecular complexity index is 1300. The minimum Gasteiger partial charge on any atom is -0.369 e. The second-order valence-electron chi connectivity index (χ2n) is 8.70. The number of amides is 1. The van der Waals surface area contributed by atoms with Gasteiger partial charge in [-0.25, -0.2) is 14.8 Å². The molecule has 5 rings (SSSR count). The summed E-state index contributed by atoms with van der Waals surface area (Å²) in [5.41, 5.74) is 2.73. The summed E-state index contributed by atoms with van der Waals surface area (Å²) in [4.78, 5) is 52.0. The number of nitrogens with zero attached hydrogens (tertiary/aromatic N) is 5. The van der Waals surface area contributed by atoms with Gasteiger partial charge in [0.2, 0.25) is 0 Å². The highest BCUT2D eigenvalue weighted by Crippen LogP contribution is 2.42. The average molecular weight is 435 g/mol. The van der Waals surface area contributed by atoms with Crippen LogP contribution in [0.5, 0.6) is 0 Å². The lowest BCUT2D eigenvalue weighted by atomic mass is 9.72. The van der Waals surface area contributed by atoms with Gasteiger partial charge in [0.15, 0.2) is 5.52 Å². The molecule has 0 unspecified atom stereocenters. The number of hydrogen-bond acceptors (Lipinski definition) is 7. The standard InChI is InChI=1S/C22H25N7O3/c1-3-29-20(31)18-17(26-21(29)32)6-14(7-25-18)9-27-10-22(11-27)12-28(13-22)15-4-5-16(24-8-15)19(30)23-2/h4-8H,3,9-13H2,1-2H3,(H,23,30)(H,26,32). The number of carbonyl (C=O) groups is 1. The fourth-order valence-corrected chi connectivity index (χ4v) is 4.80. The molecule has 0 radical (unpaired) electrons. The number of aromatic amines is 1. The van der Waals surface area contributed by atoms with Crippen molar-refractivity contribution < 1.29 is 4.79 Å². The van der Waals surface area contributed by atoms with Gasteiger partial charge in [-0.2, -0.15) is 0 Å². The molecular weight excluding hydrogens is 410 g/mol. The smallest absolute Gasteiger partial charge is 0.328 e. The van der Waals surface area contributed by atoms with E-state index in [0.717, 1.165) is 48.5 Å². The van der Waals surface area contributed by atoms with Crippen molar-refractivity contribution in [3.63, 3.8) is 0 Å². The molecule has 2 aliphatic heterocycles. The first-order valence-electron chi connectivity index (χ1n) is 10.7. The van der Waals surface area contributed by atoms with Crippen molar-refractivity contribution in [2.45, 2.75) is 20.0 Å². The van der Waals surface area contributed by atoms with E-state index >= 15 is 0 Å². The number of H-pyrrole nitrogens is 1. The van der Waals surface area contributed by atoms with E-state index in [2.05, 4.69) is 30.1 Å². The maximum Gasteiger partial charge on any atom is 0.328 e. The average Bonchev–Trinajstić information content (AvgIpc) is 2.74. The van der Waals surface area contributed by atoms with Crippen LogP contribution in [-0.4, -0.2) is 63.6 Å². The molecular formula is C22H25N7O3. The molecule has 166 valence electrons. The van der Waals surface area contributed by atoms with E-state index in [-0.39, 0.29) is 16.9 Å². The molecule has 10 nitrogen and oxygen atoms in total. The highest BCUT2D eigenvalue weighted by molar-refractivity contribution is 5.92. The molecule has 0 aromatic carbocycles. The van der Waals surface area contributed by atoms with Gasteiger partial charge >= 0.3 is 5.69 Å². The lowest BCUT2D eigenvalue weighted by Crippen LogP contribution is -2.72. The molecule has 1 amide bonds. The van der Waals surface area contributed by atoms with E-state index in [1.807, 2.05) is 12.1 Å². The minimum absolute atomic E-state index is 0.186. The van der Waals surface area contributed by atoms with Gasteiger partial charge in [0.05, 0.1) is 17.4 Å². The van der Waals surface area contributed by atoms with Crippen LogP contribution in [0.25, 0.3) is 11.0 Å². The second kappa shape index (κ2) is 7.56. The lowest BCUT2D eigenvalue weighted by molar-refractivity contribution is -0.0273. The van der Waals surface area contributed by atoms with Gasteiger partial charge in [-0.05, 0) is 30.7 Å². The SMILES string of the molecule is CCn1c(=O)[nH]c2cc(CN3CC4(C3)CN(c3ccc(C(=O)NC)nc3)C4)cnc2c1=O. The summed E-state index contributed by atoms with van der Waals surface area (Å²) in [6.45, 7) is 6.70. The van der Waals surface area contributed by atoms with E-state index in [0.29, 0.717) is 23.3 Å². The fraction of sp³-hybridized carbons (Fsp3) is 0.409. The summed E-state index contributed by atoms with van der Waals surface area (Å²) in [5.74, 6) is -0.186. The zero-order valence-corrected chi connectivity index (χ0v) is 18.1. The third-order valence-corrected chi connectivity index (χ3v) is 6.34. The van der Waals surface area contributed by atoms with Gasteiger partial charge in [-0.1, -0.05) is 0 Å². The van der Waals surface area contributed by atoms with Crippen molar-refractivity contribution in [3.05, 3.63) is 62.7 Å². The lowest BCUT2D eigenvalue weighted by Gasteiger charge is -2.61. The van der Waals surface area contributed by atoms with Crippen molar-refractivity contribution in [1.29, 1.82) is 0 Å². The number of pyridine rings is 2. The molecule has 1 spiro atoms. The molecule has 0 bridgehead atoms. The van der Waals surface area contributed by atoms with Gasteiger partial charge < -0.3 is 15.2 Å². The Morgan fingerprint density at radius 1 is 1.16 bits per heavy atom. The molecule has 10 heteroatoms. The number of rotatable bonds is 5. The van der Waals surface area contributed by atoms with Crippen molar-refractivity contribution in [2.24, 2.45) is 5.41 Å². The molecule has 0 aliphatic carbocycles. The molecule has 32 heavy (non-hydrogen) atoms. The first-order chi connectivity index (χ1) is 15.4. The van der Waals surface area contributed by atoms with Crippen molar-refractivity contribution >= 4 is 22.6 Å². The Hall–Kier alpha value is -3.53. The maximum absolute atomic E-state index is 12.4. The number of likely N-dealkylation sites (tertiary alicyclic amines) is 1. The van der Waals surface area contributed by atoms with Crippen LogP contribution in [0.3, 0.4) is 0 Å². The van der Waals surface area contributed by atoms with Gasteiger partial charge in [-0.3, -0.25) is 19.1 Å². The number of nitrogens with one attached hydrogen (secondary N) is 2. The Labute approximate surface area is 183 Å². The minimum atomic E-state index is -0.403. The molecule has 3 aromatic rings. The molecule has 2 aliphatic rings. The van der Waals surface area contributed by atoms with E-state index in [9.17, 15) is 14.4 Å². The number of aromatic nitrogens is 4. The molecule has 0 atom stereocenters. The normalized spacial score (nSPS) is 17.2. The quantitative estimate of drug-likeness (QED) is 0.587. The summed E-state index contributed by atoms with van der Waals surface area (Å²) in [6, 6.07) is 5.54. The first kappa shape index (κ1) is 20.4. The molecule has 0 saturated carbocycles. The molecule has 2 N–H and O–H groups in total. The van der Waals surface area contributed by atoms with Gasteiger partial charge in [0, 0.05) is 57.9 Å². The molecule has 2 fully saturated rings. The Morgan fingerprint density at radius 2 is 1.94 bits per heavy atom. The first-order valence-corrected chi connectivity index (χ1v) is 10.7. The summed E-state index contributed by atoms with van der Waals surface area (Å²) in [5, 5.41) is 2.58. The second-order valence-corrected chi connectivity index (χ2v) is 8.70. The third-order valence-electron chi connectivity index (χ3n) is 6.34. The predicted molar refractivity (Wildman–Crippen MR) is 120 cm³/mol. The summed E-state index contributed by atoms with van der Waals surface area (Å²) >= 11 is 0. The largest absolute Gasteiger partial charge is 0.369 e. The van der Waals surface area contributed by atoms with Crippen molar-refractivity contribution in [1.82, 2.24) is 29.7 Å². The highest BCUT2D eigenvalue weighted by Gasteiger charge is 2.51. The monoisotopic (exact) mass is 435 g/mol. The van der Waals surface area contributed by atoms with Crippen LogP contribution in [0.1, 0.15) is 23.0 Å². The topological polar surface area (TPSA) is 116 Å². The third kappa shape index (κ3) is 3.36. The van der Waals surface area contributed by atoms with Crippen molar-refractivity contribution in [3.8, 4) is 0 Å². The summed E-state index contributed by atoms with van der Waals surface area (Å²) in [7, 11) is 1.59. The van der Waals surface area contributed by atoms with Gasteiger partial charge in [0.25, 0.3) is 11.5 Å². The van der Waals surface area contributed by atoms with Crippen LogP contribution < -0.4 is 21.5 Å². The van der Waals surface area contributed by atoms with Crippen LogP contribution in [0.2, 0.25) is 0 Å². The number of anilines is 1. The molecule has 3 aromatic heterocycles. The number of carbonyl (C=O) groups excluding carboxylic acids is 1. The van der Waals surface area contributed by atoms with Gasteiger partial charge in [0.1, 0.15) is 5.69 Å². The van der Waals surface area contributed by atoms with E-state index in [4.69, 9.17) is 0 Å². The summed E-state index contributed by atoms with van der Waals surface area (Å²) in [6.07, 6.45) is 3.47. The Morgan fingerprint density at radius 3 is 2.59 bits per heavy atom. The van der Waals surface area contributed by atoms with Crippen LogP contribution in [0.4, 0.5) is 5.69 Å². The van der Waals surface area contributed by atoms with E-state index in [1.165, 1.54) is 0 Å². The zero-order valence-electron chi connectivity index (χ0n) is 18.1. The molecule has 2 saturated heterocycles. The predicted octanol–water partition coefficient (Wildman–Crippen LogP) is 0.182. The Kier molecular flexibility index (Phi) is 4.81. The maximum atomic E-state index is 12.4. The van der Waals surface area contributed by atoms with E-state index in [1.54, 1.807) is 32.4 Å². The van der Waals surface area contributed by atoms with Crippen LogP contribution in [-0.2, 0) is 13.1 Å². The summed E-state index contributed by atoms with van der Waals surface area (Å²) < 4.78 is 1.15. The zero-order chi connectivity index (χ0) is 22.5. The number of fused-ring (bicyclic) bond motifs is 1. The van der Waals surface area contributed by atoms with Crippen LogP contribution >= 0.6 is 0 Å². The van der Waals surface area contributed by atoms with Gasteiger partial charge in [-0.15, -0.1) is 0 Å². The van der Waals surface area contributed by atoms with E-state index < -0.39 is 5.69 Å². The Balaban J connectivity index is 1.20. The van der Waals surface area contributed by atoms with Crippen LogP contribution in [0.15, 0.2) is 40.2 Å².